The quantitative estimate of drug-likeness (QED) is 0.750. The van der Waals surface area contributed by atoms with Crippen LogP contribution in [0.3, 0.4) is 0 Å². The van der Waals surface area contributed by atoms with Gasteiger partial charge in [-0.3, -0.25) is 4.99 Å². The predicted molar refractivity (Wildman–Crippen MR) is 94.4 cm³/mol. The third kappa shape index (κ3) is 1.56. The van der Waals surface area contributed by atoms with E-state index in [-0.39, 0.29) is 0 Å². The number of allylic oxidation sites excluding steroid dienone is 10. The Morgan fingerprint density at radius 1 is 1.14 bits per heavy atom. The SMILES string of the molecule is CC1=C2C3=C(C(C4=CC=CC4)=CC3=N1)[SiH]2Cc1ccccc1. The molecule has 2 aliphatic carbocycles. The zero-order valence-electron chi connectivity index (χ0n) is 12.6. The largest absolute Gasteiger partial charge is 0.253 e. The van der Waals surface area contributed by atoms with Crippen LogP contribution >= 0.6 is 0 Å². The van der Waals surface area contributed by atoms with Crippen molar-refractivity contribution in [1.82, 2.24) is 0 Å². The summed E-state index contributed by atoms with van der Waals surface area (Å²) in [5.74, 6) is 0. The van der Waals surface area contributed by atoms with E-state index in [2.05, 4.69) is 61.6 Å². The molecule has 0 radical (unpaired) electrons. The lowest BCUT2D eigenvalue weighted by molar-refractivity contribution is 1.23. The van der Waals surface area contributed by atoms with Gasteiger partial charge in [0.05, 0.1) is 5.71 Å². The average Bonchev–Trinajstić information content (AvgIpc) is 3.17. The maximum atomic E-state index is 4.84. The first-order chi connectivity index (χ1) is 10.8. The molecule has 0 saturated carbocycles. The topological polar surface area (TPSA) is 12.4 Å². The second kappa shape index (κ2) is 4.40. The molecule has 0 bridgehead atoms. The van der Waals surface area contributed by atoms with E-state index in [0.29, 0.717) is 0 Å². The molecule has 4 aliphatic rings. The molecule has 1 aromatic rings. The number of nitrogens with zero attached hydrogens (tertiary/aromatic N) is 1. The van der Waals surface area contributed by atoms with E-state index < -0.39 is 8.80 Å². The van der Waals surface area contributed by atoms with Crippen molar-refractivity contribution in [3.8, 4) is 0 Å². The fraction of sp³-hybridized carbons (Fsp3) is 0.150. The Bertz CT molecular complexity index is 876. The molecule has 5 rings (SSSR count). The van der Waals surface area contributed by atoms with Crippen molar-refractivity contribution in [2.45, 2.75) is 19.4 Å². The molecule has 1 unspecified atom stereocenters. The molecule has 0 spiro atoms. The Hall–Kier alpha value is -2.19. The summed E-state index contributed by atoms with van der Waals surface area (Å²) in [4.78, 5) is 4.84. The molecule has 0 N–H and O–H groups in total. The molecule has 2 aliphatic heterocycles. The maximum absolute atomic E-state index is 4.84. The van der Waals surface area contributed by atoms with Gasteiger partial charge in [-0.2, -0.15) is 0 Å². The van der Waals surface area contributed by atoms with Gasteiger partial charge in [-0.15, -0.1) is 0 Å². The van der Waals surface area contributed by atoms with Crippen molar-refractivity contribution in [2.75, 3.05) is 0 Å². The molecule has 106 valence electrons. The molecule has 0 amide bonds. The van der Waals surface area contributed by atoms with Crippen LogP contribution < -0.4 is 0 Å². The van der Waals surface area contributed by atoms with E-state index in [0.717, 1.165) is 6.42 Å². The molecule has 0 fully saturated rings. The zero-order chi connectivity index (χ0) is 14.7. The summed E-state index contributed by atoms with van der Waals surface area (Å²) in [7, 11) is -1.08. The molecule has 2 heteroatoms. The third-order valence-corrected chi connectivity index (χ3v) is 8.72. The average molecular weight is 299 g/mol. The summed E-state index contributed by atoms with van der Waals surface area (Å²) >= 11 is 0. The van der Waals surface area contributed by atoms with Crippen LogP contribution in [0.15, 0.2) is 92.4 Å². The molecule has 22 heavy (non-hydrogen) atoms. The van der Waals surface area contributed by atoms with Crippen molar-refractivity contribution in [1.29, 1.82) is 0 Å². The van der Waals surface area contributed by atoms with E-state index in [9.17, 15) is 0 Å². The lowest BCUT2D eigenvalue weighted by Crippen LogP contribution is -2.35. The van der Waals surface area contributed by atoms with Crippen molar-refractivity contribution < 1.29 is 0 Å². The highest BCUT2D eigenvalue weighted by Crippen LogP contribution is 2.51. The summed E-state index contributed by atoms with van der Waals surface area (Å²) in [6, 6.07) is 12.2. The van der Waals surface area contributed by atoms with Gasteiger partial charge in [0.2, 0.25) is 0 Å². The predicted octanol–water partition coefficient (Wildman–Crippen LogP) is 3.94. The Morgan fingerprint density at radius 3 is 2.77 bits per heavy atom. The maximum Gasteiger partial charge on any atom is 0.112 e. The standard InChI is InChI=1S/C20H17NSi/c1-13-19-18-17(21-13)11-16(15-9-5-6-10-15)20(18)22(19)12-14-7-3-2-4-8-14/h2-9,11,22H,10,12H2,1H3. The van der Waals surface area contributed by atoms with Crippen LogP contribution in [0, 0.1) is 0 Å². The van der Waals surface area contributed by atoms with Gasteiger partial charge in [0.25, 0.3) is 0 Å². The second-order valence-electron chi connectivity index (χ2n) is 6.41. The lowest BCUT2D eigenvalue weighted by Gasteiger charge is -2.33. The second-order valence-corrected chi connectivity index (χ2v) is 9.08. The Balaban J connectivity index is 1.55. The number of rotatable bonds is 3. The molecule has 0 aromatic heterocycles. The molecule has 2 heterocycles. The summed E-state index contributed by atoms with van der Waals surface area (Å²) in [5, 5.41) is 3.32. The van der Waals surface area contributed by atoms with Gasteiger partial charge >= 0.3 is 0 Å². The van der Waals surface area contributed by atoms with Crippen LogP contribution in [0.5, 0.6) is 0 Å². The summed E-state index contributed by atoms with van der Waals surface area (Å²) in [6.45, 7) is 2.19. The minimum Gasteiger partial charge on any atom is -0.253 e. The number of benzene rings is 1. The third-order valence-electron chi connectivity index (χ3n) is 5.14. The first-order valence-corrected chi connectivity index (χ1v) is 9.96. The fourth-order valence-corrected chi connectivity index (χ4v) is 7.89. The minimum atomic E-state index is -1.08. The van der Waals surface area contributed by atoms with Crippen LogP contribution in [-0.4, -0.2) is 14.5 Å². The van der Waals surface area contributed by atoms with Gasteiger partial charge in [-0.25, -0.2) is 0 Å². The number of aliphatic imine (C=N–C) groups is 1. The van der Waals surface area contributed by atoms with Crippen LogP contribution in [0.1, 0.15) is 18.9 Å². The summed E-state index contributed by atoms with van der Waals surface area (Å²) < 4.78 is 0. The van der Waals surface area contributed by atoms with Crippen LogP contribution in [0.2, 0.25) is 0 Å². The van der Waals surface area contributed by atoms with Gasteiger partial charge in [-0.1, -0.05) is 54.1 Å². The Labute approximate surface area is 132 Å². The van der Waals surface area contributed by atoms with Crippen molar-refractivity contribution in [3.05, 3.63) is 93.0 Å². The van der Waals surface area contributed by atoms with E-state index in [1.165, 1.54) is 39.7 Å². The van der Waals surface area contributed by atoms with Gasteiger partial charge in [-0.05, 0) is 47.0 Å². The van der Waals surface area contributed by atoms with E-state index >= 15 is 0 Å². The fourth-order valence-electron chi connectivity index (χ4n) is 4.17. The van der Waals surface area contributed by atoms with Crippen LogP contribution in [0.25, 0.3) is 0 Å². The van der Waals surface area contributed by atoms with E-state index in [4.69, 9.17) is 4.99 Å². The highest BCUT2D eigenvalue weighted by Gasteiger charge is 2.47. The van der Waals surface area contributed by atoms with Gasteiger partial charge < -0.3 is 0 Å². The van der Waals surface area contributed by atoms with Crippen LogP contribution in [-0.2, 0) is 6.04 Å². The van der Waals surface area contributed by atoms with E-state index in [1.54, 1.807) is 10.4 Å². The van der Waals surface area contributed by atoms with Crippen molar-refractivity contribution in [2.24, 2.45) is 4.99 Å². The Morgan fingerprint density at radius 2 is 2.00 bits per heavy atom. The molecule has 1 aromatic carbocycles. The van der Waals surface area contributed by atoms with Crippen LogP contribution in [0.4, 0.5) is 0 Å². The summed E-state index contributed by atoms with van der Waals surface area (Å²) in [5.41, 5.74) is 8.50. The summed E-state index contributed by atoms with van der Waals surface area (Å²) in [6.07, 6.45) is 10.2. The van der Waals surface area contributed by atoms with Crippen molar-refractivity contribution in [3.63, 3.8) is 0 Å². The first-order valence-electron chi connectivity index (χ1n) is 7.99. The smallest absolute Gasteiger partial charge is 0.112 e. The lowest BCUT2D eigenvalue weighted by atomic mass is 10.1. The minimum absolute atomic E-state index is 1.08. The molecular weight excluding hydrogens is 282 g/mol. The zero-order valence-corrected chi connectivity index (χ0v) is 13.8. The molecular formula is C20H17NSi. The normalized spacial score (nSPS) is 24.4. The van der Waals surface area contributed by atoms with Gasteiger partial charge in [0, 0.05) is 11.3 Å². The number of hydrogen-bond acceptors (Lipinski definition) is 1. The number of hydrogen-bond donors (Lipinski definition) is 0. The first kappa shape index (κ1) is 12.4. The molecule has 1 atom stereocenters. The van der Waals surface area contributed by atoms with Gasteiger partial charge in [0.15, 0.2) is 0 Å². The molecule has 0 saturated heterocycles. The molecule has 1 nitrogen and oxygen atoms in total. The highest BCUT2D eigenvalue weighted by atomic mass is 28.3. The monoisotopic (exact) mass is 299 g/mol. The van der Waals surface area contributed by atoms with Gasteiger partial charge in [0.1, 0.15) is 8.80 Å². The van der Waals surface area contributed by atoms with E-state index in [1.807, 2.05) is 0 Å². The highest BCUT2D eigenvalue weighted by molar-refractivity contribution is 6.83. The van der Waals surface area contributed by atoms with Crippen molar-refractivity contribution >= 4 is 14.5 Å². The Kier molecular flexibility index (Phi) is 2.47.